The normalized spacial score (nSPS) is 52.3. The van der Waals surface area contributed by atoms with Crippen LogP contribution in [-0.2, 0) is 0 Å². The number of hydrogen-bond acceptors (Lipinski definition) is 2. The Morgan fingerprint density at radius 1 is 1.04 bits per heavy atom. The van der Waals surface area contributed by atoms with E-state index in [4.69, 9.17) is 0 Å². The molecule has 150 valence electrons. The van der Waals surface area contributed by atoms with Gasteiger partial charge in [-0.2, -0.15) is 0 Å². The molecule has 8 atom stereocenters. The van der Waals surface area contributed by atoms with Crippen molar-refractivity contribution in [1.82, 2.24) is 5.32 Å². The van der Waals surface area contributed by atoms with Crippen LogP contribution in [0.4, 0.5) is 0 Å². The first kappa shape index (κ1) is 18.4. The van der Waals surface area contributed by atoms with Gasteiger partial charge in [-0.1, -0.05) is 50.5 Å². The molecule has 3 fully saturated rings. The molecule has 1 heterocycles. The van der Waals surface area contributed by atoms with Crippen molar-refractivity contribution in [1.29, 1.82) is 0 Å². The number of rotatable bonds is 1. The fourth-order valence-corrected chi connectivity index (χ4v) is 8.26. The quantitative estimate of drug-likeness (QED) is 0.620. The lowest BCUT2D eigenvalue weighted by atomic mass is 9.45. The third kappa shape index (κ3) is 2.65. The first-order valence-corrected chi connectivity index (χ1v) is 11.8. The Morgan fingerprint density at radius 2 is 1.85 bits per heavy atom. The molecule has 0 aromatic heterocycles. The summed E-state index contributed by atoms with van der Waals surface area (Å²) in [7, 11) is 0. The van der Waals surface area contributed by atoms with Crippen molar-refractivity contribution in [3.8, 4) is 0 Å². The second kappa shape index (κ2) is 6.46. The van der Waals surface area contributed by atoms with Gasteiger partial charge < -0.3 is 10.4 Å². The largest absolute Gasteiger partial charge is 0.393 e. The highest BCUT2D eigenvalue weighted by atomic mass is 16.3. The second-order valence-electron chi connectivity index (χ2n) is 11.0. The number of allylic oxidation sites excluding steroid dienone is 2. The average molecular weight is 370 g/mol. The molecule has 2 nitrogen and oxygen atoms in total. The predicted octanol–water partition coefficient (Wildman–Crippen LogP) is 5.23. The molecule has 2 saturated carbocycles. The number of hydrogen-bond donors (Lipinski definition) is 2. The van der Waals surface area contributed by atoms with E-state index < -0.39 is 0 Å². The van der Waals surface area contributed by atoms with E-state index in [1.807, 2.05) is 0 Å². The van der Waals surface area contributed by atoms with E-state index >= 15 is 0 Å². The van der Waals surface area contributed by atoms with Gasteiger partial charge in [0.15, 0.2) is 0 Å². The summed E-state index contributed by atoms with van der Waals surface area (Å²) in [4.78, 5) is 0. The van der Waals surface area contributed by atoms with Crippen LogP contribution in [0.25, 0.3) is 0 Å². The molecule has 1 saturated heterocycles. The third-order valence-electron chi connectivity index (χ3n) is 9.73. The highest BCUT2D eigenvalue weighted by Crippen LogP contribution is 2.66. The predicted molar refractivity (Wildman–Crippen MR) is 111 cm³/mol. The molecule has 0 bridgehead atoms. The summed E-state index contributed by atoms with van der Waals surface area (Å²) in [6, 6.07) is 0.649. The molecule has 5 rings (SSSR count). The van der Waals surface area contributed by atoms with Crippen LogP contribution < -0.4 is 5.32 Å². The molecule has 0 spiro atoms. The van der Waals surface area contributed by atoms with E-state index in [1.165, 1.54) is 51.5 Å². The van der Waals surface area contributed by atoms with Gasteiger partial charge in [0, 0.05) is 6.04 Å². The van der Waals surface area contributed by atoms with Crippen LogP contribution in [0, 0.1) is 34.5 Å². The maximum absolute atomic E-state index is 10.3. The summed E-state index contributed by atoms with van der Waals surface area (Å²) >= 11 is 0. The van der Waals surface area contributed by atoms with Gasteiger partial charge in [-0.25, -0.2) is 0 Å². The van der Waals surface area contributed by atoms with E-state index in [9.17, 15) is 5.11 Å². The lowest BCUT2D eigenvalue weighted by Gasteiger charge is -2.60. The van der Waals surface area contributed by atoms with Gasteiger partial charge in [-0.3, -0.25) is 0 Å². The van der Waals surface area contributed by atoms with Crippen molar-refractivity contribution in [2.24, 2.45) is 34.5 Å². The summed E-state index contributed by atoms with van der Waals surface area (Å²) in [5.41, 5.74) is 4.14. The van der Waals surface area contributed by atoms with Gasteiger partial charge in [0.25, 0.3) is 0 Å². The maximum atomic E-state index is 10.3. The minimum Gasteiger partial charge on any atom is -0.393 e. The smallest absolute Gasteiger partial charge is 0.0577 e. The van der Waals surface area contributed by atoms with Crippen molar-refractivity contribution >= 4 is 0 Å². The number of piperidine rings is 1. The van der Waals surface area contributed by atoms with Crippen molar-refractivity contribution in [3.63, 3.8) is 0 Å². The molecule has 0 amide bonds. The standard InChI is InChI=1S/C25H39NO/c1-16-14-17-15-18(27)9-11-24(17,2)21-10-12-25(3)19(7-8-20(25)23(16)21)22-6-4-5-13-26-22/h7,14,16,18,20-23,26-27H,4-6,8-13,15H2,1-3H3/t16-,18-,20+,21+,22?,23+,24+,25-/m1/s1. The minimum absolute atomic E-state index is 0.0981. The zero-order valence-electron chi connectivity index (χ0n) is 17.6. The molecule has 2 N–H and O–H groups in total. The van der Waals surface area contributed by atoms with Crippen LogP contribution in [0.3, 0.4) is 0 Å². The zero-order valence-corrected chi connectivity index (χ0v) is 17.6. The Labute approximate surface area is 165 Å². The first-order valence-electron chi connectivity index (χ1n) is 11.8. The minimum atomic E-state index is -0.0981. The summed E-state index contributed by atoms with van der Waals surface area (Å²) in [6.45, 7) is 8.84. The Kier molecular flexibility index (Phi) is 4.41. The molecule has 1 unspecified atom stereocenters. The van der Waals surface area contributed by atoms with Crippen molar-refractivity contribution in [2.75, 3.05) is 6.54 Å². The molecule has 2 heteroatoms. The van der Waals surface area contributed by atoms with Crippen LogP contribution in [0.5, 0.6) is 0 Å². The van der Waals surface area contributed by atoms with E-state index in [0.717, 1.165) is 30.6 Å². The summed E-state index contributed by atoms with van der Waals surface area (Å²) in [6.07, 6.45) is 16.5. The summed E-state index contributed by atoms with van der Waals surface area (Å²) < 4.78 is 0. The molecule has 4 aliphatic carbocycles. The van der Waals surface area contributed by atoms with Crippen LogP contribution >= 0.6 is 0 Å². The van der Waals surface area contributed by atoms with Crippen LogP contribution in [0.15, 0.2) is 23.3 Å². The fraction of sp³-hybridized carbons (Fsp3) is 0.840. The Balaban J connectivity index is 1.46. The van der Waals surface area contributed by atoms with Gasteiger partial charge in [-0.05, 0) is 92.4 Å². The summed E-state index contributed by atoms with van der Waals surface area (Å²) in [5, 5.41) is 14.1. The Bertz CT molecular complexity index is 659. The third-order valence-corrected chi connectivity index (χ3v) is 9.73. The highest BCUT2D eigenvalue weighted by molar-refractivity contribution is 5.33. The SMILES string of the molecule is C[C@@H]1C=C2C[C@H](O)CC[C@]2(C)[C@H]2CC[C@]3(C)C(C4CCCCN4)=CC[C@H]3[C@H]12. The van der Waals surface area contributed by atoms with Gasteiger partial charge in [0.2, 0.25) is 0 Å². The van der Waals surface area contributed by atoms with Gasteiger partial charge in [0.1, 0.15) is 0 Å². The molecule has 0 aromatic carbocycles. The molecular formula is C25H39NO. The number of nitrogens with one attached hydrogen (secondary N) is 1. The second-order valence-corrected chi connectivity index (χ2v) is 11.0. The first-order chi connectivity index (χ1) is 12.9. The molecular weight excluding hydrogens is 330 g/mol. The highest BCUT2D eigenvalue weighted by Gasteiger charge is 2.58. The van der Waals surface area contributed by atoms with E-state index in [2.05, 4.69) is 38.2 Å². The molecule has 0 aromatic rings. The van der Waals surface area contributed by atoms with Crippen LogP contribution in [0.2, 0.25) is 0 Å². The Hall–Kier alpha value is -0.600. The average Bonchev–Trinajstić information content (AvgIpc) is 3.01. The van der Waals surface area contributed by atoms with E-state index in [0.29, 0.717) is 22.8 Å². The topological polar surface area (TPSA) is 32.3 Å². The molecule has 27 heavy (non-hydrogen) atoms. The molecule has 1 aliphatic heterocycles. The van der Waals surface area contributed by atoms with Gasteiger partial charge in [-0.15, -0.1) is 0 Å². The fourth-order valence-electron chi connectivity index (χ4n) is 8.26. The number of fused-ring (bicyclic) bond motifs is 5. The number of aliphatic hydroxyl groups excluding tert-OH is 1. The zero-order chi connectivity index (χ0) is 18.8. The summed E-state index contributed by atoms with van der Waals surface area (Å²) in [5.74, 6) is 3.14. The van der Waals surface area contributed by atoms with Gasteiger partial charge in [0.05, 0.1) is 6.10 Å². The lowest BCUT2D eigenvalue weighted by molar-refractivity contribution is -0.0495. The van der Waals surface area contributed by atoms with Crippen molar-refractivity contribution in [2.45, 2.75) is 90.7 Å². The van der Waals surface area contributed by atoms with Crippen LogP contribution in [-0.4, -0.2) is 23.8 Å². The lowest BCUT2D eigenvalue weighted by Crippen LogP contribution is -2.53. The molecule has 5 aliphatic rings. The van der Waals surface area contributed by atoms with Gasteiger partial charge >= 0.3 is 0 Å². The van der Waals surface area contributed by atoms with Crippen LogP contribution in [0.1, 0.15) is 78.6 Å². The Morgan fingerprint density at radius 3 is 2.63 bits per heavy atom. The van der Waals surface area contributed by atoms with Crippen molar-refractivity contribution in [3.05, 3.63) is 23.3 Å². The molecule has 0 radical (unpaired) electrons. The monoisotopic (exact) mass is 369 g/mol. The van der Waals surface area contributed by atoms with E-state index in [-0.39, 0.29) is 6.10 Å². The maximum Gasteiger partial charge on any atom is 0.0577 e. The van der Waals surface area contributed by atoms with E-state index in [1.54, 1.807) is 11.1 Å². The van der Waals surface area contributed by atoms with Crippen molar-refractivity contribution < 1.29 is 5.11 Å². The number of aliphatic hydroxyl groups is 1.